The number of nitrogens with two attached hydrogens (primary N) is 1. The van der Waals surface area contributed by atoms with Crippen LogP contribution in [-0.2, 0) is 0 Å². The highest BCUT2D eigenvalue weighted by Gasteiger charge is 2.46. The fraction of sp³-hybridized carbons (Fsp3) is 0.545. The van der Waals surface area contributed by atoms with Crippen LogP contribution in [0, 0.1) is 5.41 Å². The second-order valence-corrected chi connectivity index (χ2v) is 4.30. The van der Waals surface area contributed by atoms with Crippen LogP contribution >= 0.6 is 0 Å². The number of hydrogen-bond acceptors (Lipinski definition) is 4. The molecule has 1 fully saturated rings. The lowest BCUT2D eigenvalue weighted by atomic mass is 10.0. The first-order valence-electron chi connectivity index (χ1n) is 5.37. The van der Waals surface area contributed by atoms with E-state index in [0.29, 0.717) is 6.67 Å². The van der Waals surface area contributed by atoms with Crippen molar-refractivity contribution in [2.24, 2.45) is 16.1 Å². The number of halogens is 1. The average molecular weight is 225 g/mol. The molecule has 4 nitrogen and oxygen atoms in total. The molecule has 5 heteroatoms. The molecule has 1 aliphatic carbocycles. The van der Waals surface area contributed by atoms with Gasteiger partial charge in [-0.3, -0.25) is 0 Å². The average Bonchev–Trinajstić information content (AvgIpc) is 2.98. The Kier molecular flexibility index (Phi) is 2.71. The van der Waals surface area contributed by atoms with E-state index in [-0.39, 0.29) is 17.9 Å². The molecule has 16 heavy (non-hydrogen) atoms. The molecule has 1 saturated carbocycles. The minimum atomic E-state index is -0.505. The first kappa shape index (κ1) is 11.1. The lowest BCUT2D eigenvalue weighted by Gasteiger charge is -2.18. The van der Waals surface area contributed by atoms with Crippen LogP contribution in [0.5, 0.6) is 0 Å². The molecular formula is C11H16FN3O. The molecule has 1 atom stereocenters. The molecule has 0 spiro atoms. The van der Waals surface area contributed by atoms with Crippen LogP contribution in [0.1, 0.15) is 19.8 Å². The summed E-state index contributed by atoms with van der Waals surface area (Å²) in [6.07, 6.45) is 4.98. The van der Waals surface area contributed by atoms with Crippen molar-refractivity contribution in [2.45, 2.75) is 19.8 Å². The summed E-state index contributed by atoms with van der Waals surface area (Å²) in [7, 11) is 0. The molecule has 0 bridgehead atoms. The molecule has 0 aromatic rings. The first-order valence-corrected chi connectivity index (χ1v) is 5.37. The molecule has 0 amide bonds. The summed E-state index contributed by atoms with van der Waals surface area (Å²) >= 11 is 0. The zero-order valence-corrected chi connectivity index (χ0v) is 9.28. The molecule has 3 N–H and O–H groups in total. The number of amidine groups is 1. The van der Waals surface area contributed by atoms with Crippen LogP contribution in [0.3, 0.4) is 0 Å². The largest absolute Gasteiger partial charge is 0.395 e. The molecule has 88 valence electrons. The maximum absolute atomic E-state index is 13.1. The summed E-state index contributed by atoms with van der Waals surface area (Å²) in [4.78, 5) is 5.50. The molecule has 0 radical (unpaired) electrons. The molecule has 1 heterocycles. The number of aliphatic hydroxyl groups is 1. The standard InChI is InChI=1S/C11H16FN3O/c1-2-11(6-16)3-8(11)4-15-5-9(12)10(13)14-7-15/h4-5,16H,2-3,6-7H2,1H3,(H2,13,14)/b8-4-. The van der Waals surface area contributed by atoms with E-state index in [1.807, 2.05) is 13.1 Å². The van der Waals surface area contributed by atoms with Gasteiger partial charge in [-0.15, -0.1) is 0 Å². The summed E-state index contributed by atoms with van der Waals surface area (Å²) < 4.78 is 13.1. The zero-order chi connectivity index (χ0) is 11.8. The topological polar surface area (TPSA) is 61.8 Å². The quantitative estimate of drug-likeness (QED) is 0.756. The smallest absolute Gasteiger partial charge is 0.181 e. The molecule has 2 aliphatic rings. The van der Waals surface area contributed by atoms with Gasteiger partial charge in [-0.25, -0.2) is 9.38 Å². The second kappa shape index (κ2) is 3.90. The molecule has 0 aromatic heterocycles. The number of aliphatic hydroxyl groups excluding tert-OH is 1. The maximum atomic E-state index is 13.1. The van der Waals surface area contributed by atoms with E-state index in [1.165, 1.54) is 6.20 Å². The van der Waals surface area contributed by atoms with Crippen LogP contribution in [0.25, 0.3) is 0 Å². The van der Waals surface area contributed by atoms with Gasteiger partial charge in [-0.2, -0.15) is 0 Å². The van der Waals surface area contributed by atoms with E-state index in [4.69, 9.17) is 5.73 Å². The third kappa shape index (κ3) is 1.82. The Labute approximate surface area is 94.0 Å². The van der Waals surface area contributed by atoms with Gasteiger partial charge in [0.1, 0.15) is 6.67 Å². The van der Waals surface area contributed by atoms with Crippen LogP contribution in [-0.4, -0.2) is 29.1 Å². The van der Waals surface area contributed by atoms with E-state index in [1.54, 1.807) is 4.90 Å². The van der Waals surface area contributed by atoms with Gasteiger partial charge in [-0.1, -0.05) is 6.92 Å². The predicted octanol–water partition coefficient (Wildman–Crippen LogP) is 1.10. The van der Waals surface area contributed by atoms with Gasteiger partial charge in [0.2, 0.25) is 0 Å². The van der Waals surface area contributed by atoms with Crippen LogP contribution in [0.15, 0.2) is 28.8 Å². The van der Waals surface area contributed by atoms with E-state index in [9.17, 15) is 9.50 Å². The minimum Gasteiger partial charge on any atom is -0.395 e. The lowest BCUT2D eigenvalue weighted by Crippen LogP contribution is -2.24. The van der Waals surface area contributed by atoms with E-state index >= 15 is 0 Å². The van der Waals surface area contributed by atoms with Gasteiger partial charge in [0, 0.05) is 17.8 Å². The Bertz CT molecular complexity index is 383. The monoisotopic (exact) mass is 225 g/mol. The summed E-state index contributed by atoms with van der Waals surface area (Å²) in [5.41, 5.74) is 6.39. The summed E-state index contributed by atoms with van der Waals surface area (Å²) in [5.74, 6) is -0.552. The van der Waals surface area contributed by atoms with Gasteiger partial charge in [0.25, 0.3) is 0 Å². The van der Waals surface area contributed by atoms with Crippen molar-refractivity contribution in [3.05, 3.63) is 23.8 Å². The van der Waals surface area contributed by atoms with Gasteiger partial charge < -0.3 is 15.7 Å². The molecular weight excluding hydrogens is 209 g/mol. The highest BCUT2D eigenvalue weighted by molar-refractivity contribution is 5.95. The molecule has 1 aliphatic heterocycles. The molecule has 2 rings (SSSR count). The van der Waals surface area contributed by atoms with Crippen molar-refractivity contribution in [3.63, 3.8) is 0 Å². The zero-order valence-electron chi connectivity index (χ0n) is 9.28. The van der Waals surface area contributed by atoms with E-state index in [2.05, 4.69) is 4.99 Å². The number of hydrogen-bond donors (Lipinski definition) is 2. The highest BCUT2D eigenvalue weighted by atomic mass is 19.1. The van der Waals surface area contributed by atoms with Crippen LogP contribution in [0.4, 0.5) is 4.39 Å². The van der Waals surface area contributed by atoms with Crippen LogP contribution < -0.4 is 5.73 Å². The van der Waals surface area contributed by atoms with Gasteiger partial charge in [-0.05, 0) is 18.4 Å². The van der Waals surface area contributed by atoms with E-state index < -0.39 is 5.83 Å². The van der Waals surface area contributed by atoms with E-state index in [0.717, 1.165) is 18.4 Å². The number of aliphatic imine (C=N–C) groups is 1. The highest BCUT2D eigenvalue weighted by Crippen LogP contribution is 2.54. The summed E-state index contributed by atoms with van der Waals surface area (Å²) in [5, 5.41) is 9.25. The third-order valence-corrected chi connectivity index (χ3v) is 3.31. The fourth-order valence-electron chi connectivity index (χ4n) is 1.89. The summed E-state index contributed by atoms with van der Waals surface area (Å²) in [6.45, 7) is 2.54. The van der Waals surface area contributed by atoms with Gasteiger partial charge in [0.05, 0.1) is 6.61 Å². The number of rotatable bonds is 3. The SMILES string of the molecule is CCC1(CO)C/C1=C/N1C=C(F)C(N)=NC1. The van der Waals surface area contributed by atoms with Crippen molar-refractivity contribution < 1.29 is 9.50 Å². The lowest BCUT2D eigenvalue weighted by molar-refractivity contribution is 0.216. The Hall–Kier alpha value is -1.36. The van der Waals surface area contributed by atoms with Crippen LogP contribution in [0.2, 0.25) is 0 Å². The fourth-order valence-corrected chi connectivity index (χ4v) is 1.89. The van der Waals surface area contributed by atoms with Crippen molar-refractivity contribution in [1.29, 1.82) is 0 Å². The predicted molar refractivity (Wildman–Crippen MR) is 60.0 cm³/mol. The maximum Gasteiger partial charge on any atom is 0.181 e. The summed E-state index contributed by atoms with van der Waals surface area (Å²) in [6, 6.07) is 0. The Morgan fingerprint density at radius 2 is 2.50 bits per heavy atom. The second-order valence-electron chi connectivity index (χ2n) is 4.30. The first-order chi connectivity index (χ1) is 7.61. The van der Waals surface area contributed by atoms with Crippen molar-refractivity contribution >= 4 is 5.84 Å². The van der Waals surface area contributed by atoms with Gasteiger partial charge in [0.15, 0.2) is 11.7 Å². The van der Waals surface area contributed by atoms with Crippen molar-refractivity contribution in [3.8, 4) is 0 Å². The Balaban J connectivity index is 2.06. The number of nitrogens with zero attached hydrogens (tertiary/aromatic N) is 2. The third-order valence-electron chi connectivity index (χ3n) is 3.31. The molecule has 0 saturated heterocycles. The molecule has 1 unspecified atom stereocenters. The Morgan fingerprint density at radius 3 is 3.00 bits per heavy atom. The van der Waals surface area contributed by atoms with Crippen molar-refractivity contribution in [1.82, 2.24) is 4.90 Å². The minimum absolute atomic E-state index is 0.0469. The van der Waals surface area contributed by atoms with Gasteiger partial charge >= 0.3 is 0 Å². The normalized spacial score (nSPS) is 31.4. The Morgan fingerprint density at radius 1 is 1.75 bits per heavy atom. The molecule has 0 aromatic carbocycles. The van der Waals surface area contributed by atoms with Crippen molar-refractivity contribution in [2.75, 3.05) is 13.3 Å².